The minimum atomic E-state index is -0.422. The smallest absolute Gasteiger partial charge is 0.178 e. The summed E-state index contributed by atoms with van der Waals surface area (Å²) in [4.78, 5) is 17.4. The van der Waals surface area contributed by atoms with Crippen LogP contribution >= 0.6 is 0 Å². The Hall–Kier alpha value is -1.13. The van der Waals surface area contributed by atoms with Gasteiger partial charge in [-0.25, -0.2) is 0 Å². The van der Waals surface area contributed by atoms with Crippen LogP contribution in [0.2, 0.25) is 0 Å². The number of aromatic nitrogens is 1. The van der Waals surface area contributed by atoms with Crippen molar-refractivity contribution in [1.82, 2.24) is 9.88 Å². The number of rotatable bonds is 6. The van der Waals surface area contributed by atoms with Crippen LogP contribution < -0.4 is 0 Å². The van der Waals surface area contributed by atoms with E-state index in [1.54, 1.807) is 6.92 Å². The molecule has 18 heavy (non-hydrogen) atoms. The number of carbonyl (C=O) groups is 1. The number of nitrogens with one attached hydrogen (secondary N) is 1. The van der Waals surface area contributed by atoms with Crippen molar-refractivity contribution in [2.45, 2.75) is 46.8 Å². The molecule has 1 aromatic heterocycles. The zero-order valence-corrected chi connectivity index (χ0v) is 11.9. The predicted octanol–water partition coefficient (Wildman–Crippen LogP) is 1.91. The maximum atomic E-state index is 12.2. The highest BCUT2D eigenvalue weighted by Crippen LogP contribution is 2.12. The van der Waals surface area contributed by atoms with Crippen LogP contribution in [0.4, 0.5) is 0 Å². The number of hydrogen-bond donors (Lipinski definition) is 2. The minimum Gasteiger partial charge on any atom is -0.392 e. The fourth-order valence-electron chi connectivity index (χ4n) is 2.08. The molecular weight excluding hydrogens is 228 g/mol. The number of aliphatic hydroxyl groups excluding tert-OH is 1. The highest BCUT2D eigenvalue weighted by molar-refractivity contribution is 5.98. The number of carbonyl (C=O) groups excluding carboxylic acids is 1. The van der Waals surface area contributed by atoms with Crippen LogP contribution in [0.15, 0.2) is 6.07 Å². The fourth-order valence-corrected chi connectivity index (χ4v) is 2.08. The number of Topliss-reactive ketones (excluding diaryl/α,β-unsaturated/α-hetero) is 1. The Bertz CT molecular complexity index is 408. The lowest BCUT2D eigenvalue weighted by molar-refractivity contribution is 0.0798. The van der Waals surface area contributed by atoms with Crippen LogP contribution in [0.1, 0.15) is 42.5 Å². The number of H-pyrrole nitrogens is 1. The summed E-state index contributed by atoms with van der Waals surface area (Å²) >= 11 is 0. The molecule has 1 heterocycles. The molecule has 1 aromatic rings. The molecule has 0 saturated heterocycles. The first-order valence-corrected chi connectivity index (χ1v) is 6.42. The van der Waals surface area contributed by atoms with Gasteiger partial charge in [0.1, 0.15) is 0 Å². The number of hydrogen-bond acceptors (Lipinski definition) is 3. The summed E-state index contributed by atoms with van der Waals surface area (Å²) in [7, 11) is 0. The monoisotopic (exact) mass is 252 g/mol. The van der Waals surface area contributed by atoms with Crippen molar-refractivity contribution in [3.05, 3.63) is 23.0 Å². The highest BCUT2D eigenvalue weighted by Gasteiger charge is 2.19. The summed E-state index contributed by atoms with van der Waals surface area (Å²) in [5, 5.41) is 9.45. The maximum Gasteiger partial charge on any atom is 0.178 e. The van der Waals surface area contributed by atoms with Crippen molar-refractivity contribution in [3.63, 3.8) is 0 Å². The maximum absolute atomic E-state index is 12.2. The van der Waals surface area contributed by atoms with Gasteiger partial charge < -0.3 is 10.1 Å². The Labute approximate surface area is 109 Å². The van der Waals surface area contributed by atoms with E-state index in [9.17, 15) is 9.90 Å². The van der Waals surface area contributed by atoms with Crippen LogP contribution in [0.5, 0.6) is 0 Å². The Morgan fingerprint density at radius 1 is 1.39 bits per heavy atom. The van der Waals surface area contributed by atoms with Gasteiger partial charge in [-0.3, -0.25) is 9.69 Å². The van der Waals surface area contributed by atoms with E-state index in [1.165, 1.54) is 0 Å². The Morgan fingerprint density at radius 3 is 2.39 bits per heavy atom. The fraction of sp³-hybridized carbons (Fsp3) is 0.643. The predicted molar refractivity (Wildman–Crippen MR) is 73.0 cm³/mol. The molecule has 0 bridgehead atoms. The molecule has 0 aliphatic carbocycles. The third-order valence-electron chi connectivity index (χ3n) is 3.03. The first-order chi connectivity index (χ1) is 8.31. The lowest BCUT2D eigenvalue weighted by Crippen LogP contribution is -2.40. The number of aromatic amines is 1. The van der Waals surface area contributed by atoms with Gasteiger partial charge in [0.15, 0.2) is 5.78 Å². The van der Waals surface area contributed by atoms with Crippen LogP contribution in [-0.2, 0) is 0 Å². The SMILES string of the molecule is Cc1cc(C(=O)CN(CC(C)O)C(C)C)c(C)[nH]1. The van der Waals surface area contributed by atoms with Crippen molar-refractivity contribution in [2.24, 2.45) is 0 Å². The second-order valence-electron chi connectivity index (χ2n) is 5.29. The summed E-state index contributed by atoms with van der Waals surface area (Å²) in [6.45, 7) is 10.5. The van der Waals surface area contributed by atoms with Gasteiger partial charge in [0, 0.05) is 29.5 Å². The molecular formula is C14H24N2O2. The van der Waals surface area contributed by atoms with E-state index in [1.807, 2.05) is 38.7 Å². The zero-order valence-electron chi connectivity index (χ0n) is 11.9. The van der Waals surface area contributed by atoms with E-state index in [4.69, 9.17) is 0 Å². The molecule has 0 spiro atoms. The first kappa shape index (κ1) is 14.9. The second-order valence-corrected chi connectivity index (χ2v) is 5.29. The van der Waals surface area contributed by atoms with Gasteiger partial charge >= 0.3 is 0 Å². The summed E-state index contributed by atoms with van der Waals surface area (Å²) in [5.41, 5.74) is 2.67. The molecule has 4 heteroatoms. The number of aryl methyl sites for hydroxylation is 2. The Morgan fingerprint density at radius 2 is 2.00 bits per heavy atom. The van der Waals surface area contributed by atoms with Crippen molar-refractivity contribution >= 4 is 5.78 Å². The Kier molecular flexibility index (Phi) is 5.11. The molecule has 4 nitrogen and oxygen atoms in total. The topological polar surface area (TPSA) is 56.3 Å². The summed E-state index contributed by atoms with van der Waals surface area (Å²) in [5.74, 6) is 0.103. The molecule has 0 saturated carbocycles. The normalized spacial score (nSPS) is 13.3. The molecule has 0 amide bonds. The van der Waals surface area contributed by atoms with Crippen molar-refractivity contribution in [3.8, 4) is 0 Å². The molecule has 1 atom stereocenters. The van der Waals surface area contributed by atoms with E-state index < -0.39 is 6.10 Å². The first-order valence-electron chi connectivity index (χ1n) is 6.42. The zero-order chi connectivity index (χ0) is 13.9. The average Bonchev–Trinajstić information content (AvgIpc) is 2.56. The number of ketones is 1. The van der Waals surface area contributed by atoms with Gasteiger partial charge in [-0.2, -0.15) is 0 Å². The van der Waals surface area contributed by atoms with Crippen LogP contribution in [0.3, 0.4) is 0 Å². The molecule has 0 aliphatic rings. The van der Waals surface area contributed by atoms with E-state index >= 15 is 0 Å². The van der Waals surface area contributed by atoms with E-state index in [2.05, 4.69) is 4.98 Å². The number of nitrogens with zero attached hydrogens (tertiary/aromatic N) is 1. The minimum absolute atomic E-state index is 0.103. The lowest BCUT2D eigenvalue weighted by atomic mass is 10.1. The van der Waals surface area contributed by atoms with Gasteiger partial charge in [0.05, 0.1) is 12.6 Å². The third kappa shape index (κ3) is 3.96. The molecule has 0 aromatic carbocycles. The summed E-state index contributed by atoms with van der Waals surface area (Å²) in [6, 6.07) is 2.13. The van der Waals surface area contributed by atoms with Crippen molar-refractivity contribution in [2.75, 3.05) is 13.1 Å². The van der Waals surface area contributed by atoms with Gasteiger partial charge in [-0.05, 0) is 40.7 Å². The largest absolute Gasteiger partial charge is 0.392 e. The van der Waals surface area contributed by atoms with Crippen molar-refractivity contribution < 1.29 is 9.90 Å². The quantitative estimate of drug-likeness (QED) is 0.760. The second kappa shape index (κ2) is 6.16. The number of aliphatic hydroxyl groups is 1. The van der Waals surface area contributed by atoms with Gasteiger partial charge in [-0.1, -0.05) is 0 Å². The standard InChI is InChI=1S/C14H24N2O2/c1-9(2)16(7-11(4)17)8-14(18)13-6-10(3)15-12(13)5/h6,9,11,15,17H,7-8H2,1-5H3. The van der Waals surface area contributed by atoms with E-state index in [0.29, 0.717) is 13.1 Å². The summed E-state index contributed by atoms with van der Waals surface area (Å²) < 4.78 is 0. The van der Waals surface area contributed by atoms with E-state index in [0.717, 1.165) is 17.0 Å². The van der Waals surface area contributed by atoms with Gasteiger partial charge in [0.2, 0.25) is 0 Å². The van der Waals surface area contributed by atoms with Gasteiger partial charge in [0.25, 0.3) is 0 Å². The average molecular weight is 252 g/mol. The van der Waals surface area contributed by atoms with Crippen molar-refractivity contribution in [1.29, 1.82) is 0 Å². The van der Waals surface area contributed by atoms with Crippen LogP contribution in [-0.4, -0.2) is 46.0 Å². The molecule has 0 radical (unpaired) electrons. The van der Waals surface area contributed by atoms with Crippen LogP contribution in [0, 0.1) is 13.8 Å². The molecule has 1 rings (SSSR count). The third-order valence-corrected chi connectivity index (χ3v) is 3.03. The Balaban J connectivity index is 2.75. The molecule has 0 aliphatic heterocycles. The van der Waals surface area contributed by atoms with E-state index in [-0.39, 0.29) is 11.8 Å². The summed E-state index contributed by atoms with van der Waals surface area (Å²) in [6.07, 6.45) is -0.422. The molecule has 2 N–H and O–H groups in total. The lowest BCUT2D eigenvalue weighted by Gasteiger charge is -2.26. The molecule has 1 unspecified atom stereocenters. The van der Waals surface area contributed by atoms with Gasteiger partial charge in [-0.15, -0.1) is 0 Å². The van der Waals surface area contributed by atoms with Crippen LogP contribution in [0.25, 0.3) is 0 Å². The molecule has 0 fully saturated rings. The molecule has 102 valence electrons. The highest BCUT2D eigenvalue weighted by atomic mass is 16.3.